The van der Waals surface area contributed by atoms with Crippen LogP contribution in [-0.2, 0) is 41.5 Å². The summed E-state index contributed by atoms with van der Waals surface area (Å²) in [7, 11) is 0. The van der Waals surface area contributed by atoms with E-state index in [9.17, 15) is 24.0 Å². The molecule has 0 radical (unpaired) electrons. The third kappa shape index (κ3) is 5.01. The molecule has 9 nitrogen and oxygen atoms in total. The van der Waals surface area contributed by atoms with Gasteiger partial charge in [0.15, 0.2) is 6.61 Å². The average Bonchev–Trinajstić information content (AvgIpc) is 3.28. The number of imide groups is 1. The van der Waals surface area contributed by atoms with E-state index in [2.05, 4.69) is 5.32 Å². The van der Waals surface area contributed by atoms with Crippen LogP contribution in [0.1, 0.15) is 73.2 Å². The van der Waals surface area contributed by atoms with Gasteiger partial charge in [-0.3, -0.25) is 24.1 Å². The predicted molar refractivity (Wildman–Crippen MR) is 123 cm³/mol. The number of rotatable bonds is 7. The van der Waals surface area contributed by atoms with Crippen molar-refractivity contribution in [2.45, 2.75) is 71.3 Å². The number of likely N-dealkylation sites (tertiary alicyclic amines) is 1. The molecule has 1 aromatic rings. The number of hydrogen-bond acceptors (Lipinski definition) is 8. The molecule has 2 heterocycles. The Balaban J connectivity index is 1.35. The third-order valence-electron chi connectivity index (χ3n) is 6.55. The first kappa shape index (κ1) is 24.4. The van der Waals surface area contributed by atoms with Gasteiger partial charge in [-0.05, 0) is 57.9 Å². The molecule has 2 aliphatic carbocycles. The van der Waals surface area contributed by atoms with Crippen molar-refractivity contribution in [2.24, 2.45) is 11.8 Å². The van der Waals surface area contributed by atoms with E-state index in [0.29, 0.717) is 23.4 Å². The highest BCUT2D eigenvalue weighted by Gasteiger charge is 2.48. The molecule has 0 spiro atoms. The van der Waals surface area contributed by atoms with Crippen molar-refractivity contribution in [1.29, 1.82) is 0 Å². The van der Waals surface area contributed by atoms with Crippen molar-refractivity contribution in [3.05, 3.63) is 16.0 Å². The van der Waals surface area contributed by atoms with E-state index < -0.39 is 31.0 Å². The molecule has 2 fully saturated rings. The Labute approximate surface area is 202 Å². The summed E-state index contributed by atoms with van der Waals surface area (Å²) in [5.41, 5.74) is 1.30. The van der Waals surface area contributed by atoms with Gasteiger partial charge in [0.05, 0.1) is 23.5 Å². The number of ether oxygens (including phenoxy) is 2. The summed E-state index contributed by atoms with van der Waals surface area (Å²) in [6, 6.07) is 0. The van der Waals surface area contributed by atoms with Gasteiger partial charge in [0.2, 0.25) is 11.8 Å². The van der Waals surface area contributed by atoms with Crippen LogP contribution in [0.4, 0.5) is 5.00 Å². The molecule has 1 aromatic heterocycles. The van der Waals surface area contributed by atoms with Gasteiger partial charge >= 0.3 is 11.9 Å². The van der Waals surface area contributed by atoms with Crippen LogP contribution < -0.4 is 5.32 Å². The van der Waals surface area contributed by atoms with Crippen LogP contribution in [0, 0.1) is 11.8 Å². The number of fused-ring (bicyclic) bond motifs is 2. The van der Waals surface area contributed by atoms with Gasteiger partial charge < -0.3 is 14.8 Å². The molecule has 2 atom stereocenters. The number of hydrogen-bond donors (Lipinski definition) is 1. The van der Waals surface area contributed by atoms with Gasteiger partial charge in [-0.2, -0.15) is 0 Å². The molecule has 2 unspecified atom stereocenters. The standard InChI is InChI=1S/C24H30N2O7S/c1-13(2)33-24(31)20-16-9-5-6-10-17(16)34-21(20)25-18(27)12-32-19(28)11-26-22(29)14-7-3-4-8-15(14)23(26)30/h13-15H,3-12H2,1-2H3,(H,25,27). The third-order valence-corrected chi connectivity index (χ3v) is 7.76. The predicted octanol–water partition coefficient (Wildman–Crippen LogP) is 2.85. The van der Waals surface area contributed by atoms with Crippen molar-refractivity contribution in [3.8, 4) is 0 Å². The minimum absolute atomic E-state index is 0.295. The molecule has 10 heteroatoms. The van der Waals surface area contributed by atoms with Gasteiger partial charge in [0.25, 0.3) is 5.91 Å². The summed E-state index contributed by atoms with van der Waals surface area (Å²) in [5, 5.41) is 3.08. The second-order valence-electron chi connectivity index (χ2n) is 9.34. The number of aryl methyl sites for hydroxylation is 1. The molecule has 3 aliphatic rings. The van der Waals surface area contributed by atoms with Crippen LogP contribution in [0.3, 0.4) is 0 Å². The molecule has 184 valence electrons. The molecule has 34 heavy (non-hydrogen) atoms. The Morgan fingerprint density at radius 2 is 1.68 bits per heavy atom. The van der Waals surface area contributed by atoms with E-state index in [1.807, 2.05) is 0 Å². The molecule has 1 aliphatic heterocycles. The van der Waals surface area contributed by atoms with Gasteiger partial charge in [-0.15, -0.1) is 11.3 Å². The number of carbonyl (C=O) groups is 5. The van der Waals surface area contributed by atoms with Crippen molar-refractivity contribution in [2.75, 3.05) is 18.5 Å². The van der Waals surface area contributed by atoms with Crippen molar-refractivity contribution < 1.29 is 33.4 Å². The van der Waals surface area contributed by atoms with E-state index in [4.69, 9.17) is 9.47 Å². The Bertz CT molecular complexity index is 991. The van der Waals surface area contributed by atoms with Crippen LogP contribution in [0.5, 0.6) is 0 Å². The number of nitrogens with zero attached hydrogens (tertiary/aromatic N) is 1. The topological polar surface area (TPSA) is 119 Å². The fourth-order valence-electron chi connectivity index (χ4n) is 5.01. The first-order valence-corrected chi connectivity index (χ1v) is 12.7. The maximum atomic E-state index is 12.7. The highest BCUT2D eigenvalue weighted by Crippen LogP contribution is 2.39. The second-order valence-corrected chi connectivity index (χ2v) is 10.4. The zero-order chi connectivity index (χ0) is 24.4. The summed E-state index contributed by atoms with van der Waals surface area (Å²) < 4.78 is 10.4. The van der Waals surface area contributed by atoms with Gasteiger partial charge in [0.1, 0.15) is 11.5 Å². The zero-order valence-electron chi connectivity index (χ0n) is 19.5. The number of amides is 3. The summed E-state index contributed by atoms with van der Waals surface area (Å²) in [6.45, 7) is 2.46. The normalized spacial score (nSPS) is 21.8. The number of esters is 2. The minimum atomic E-state index is -0.819. The molecule has 3 amide bonds. The number of nitrogens with one attached hydrogen (secondary N) is 1. The number of thiophene rings is 1. The Hall–Kier alpha value is -2.75. The molecular formula is C24H30N2O7S. The number of anilines is 1. The molecule has 0 aromatic carbocycles. The van der Waals surface area contributed by atoms with E-state index in [-0.39, 0.29) is 29.8 Å². The largest absolute Gasteiger partial charge is 0.459 e. The second kappa shape index (κ2) is 10.2. The van der Waals surface area contributed by atoms with Crippen LogP contribution >= 0.6 is 11.3 Å². The van der Waals surface area contributed by atoms with E-state index >= 15 is 0 Å². The Morgan fingerprint density at radius 3 is 2.32 bits per heavy atom. The minimum Gasteiger partial charge on any atom is -0.459 e. The lowest BCUT2D eigenvalue weighted by Crippen LogP contribution is -2.37. The highest BCUT2D eigenvalue weighted by molar-refractivity contribution is 7.17. The van der Waals surface area contributed by atoms with Gasteiger partial charge in [0, 0.05) is 4.88 Å². The maximum absolute atomic E-state index is 12.7. The average molecular weight is 491 g/mol. The van der Waals surface area contributed by atoms with E-state index in [0.717, 1.165) is 53.9 Å². The quantitative estimate of drug-likeness (QED) is 0.461. The van der Waals surface area contributed by atoms with Gasteiger partial charge in [-0.25, -0.2) is 4.79 Å². The Kier molecular flexibility index (Phi) is 7.35. The number of carbonyl (C=O) groups excluding carboxylic acids is 5. The molecule has 1 saturated heterocycles. The van der Waals surface area contributed by atoms with Gasteiger partial charge in [-0.1, -0.05) is 12.8 Å². The van der Waals surface area contributed by atoms with Crippen LogP contribution in [0.25, 0.3) is 0 Å². The summed E-state index contributed by atoms with van der Waals surface area (Å²) in [6.07, 6.45) is 6.40. The summed E-state index contributed by atoms with van der Waals surface area (Å²) in [4.78, 5) is 64.6. The fourth-order valence-corrected chi connectivity index (χ4v) is 6.31. The Morgan fingerprint density at radius 1 is 1.03 bits per heavy atom. The van der Waals surface area contributed by atoms with Crippen molar-refractivity contribution in [3.63, 3.8) is 0 Å². The molecule has 1 saturated carbocycles. The lowest BCUT2D eigenvalue weighted by Gasteiger charge is -2.19. The molecule has 4 rings (SSSR count). The monoisotopic (exact) mass is 490 g/mol. The fraction of sp³-hybridized carbons (Fsp3) is 0.625. The summed E-state index contributed by atoms with van der Waals surface area (Å²) >= 11 is 1.35. The first-order valence-electron chi connectivity index (χ1n) is 11.9. The van der Waals surface area contributed by atoms with Crippen LogP contribution in [0.2, 0.25) is 0 Å². The van der Waals surface area contributed by atoms with Crippen LogP contribution in [-0.4, -0.2) is 53.8 Å². The lowest BCUT2D eigenvalue weighted by atomic mass is 9.81. The SMILES string of the molecule is CC(C)OC(=O)c1c(NC(=O)COC(=O)CN2C(=O)C3CCCCC3C2=O)sc2c1CCCC2. The van der Waals surface area contributed by atoms with Crippen molar-refractivity contribution >= 4 is 46.0 Å². The summed E-state index contributed by atoms with van der Waals surface area (Å²) in [5.74, 6) is -3.23. The first-order chi connectivity index (χ1) is 16.3. The van der Waals surface area contributed by atoms with Crippen molar-refractivity contribution in [1.82, 2.24) is 4.90 Å². The molecular weight excluding hydrogens is 460 g/mol. The van der Waals surface area contributed by atoms with E-state index in [1.165, 1.54) is 11.3 Å². The zero-order valence-corrected chi connectivity index (χ0v) is 20.3. The molecule has 1 N–H and O–H groups in total. The smallest absolute Gasteiger partial charge is 0.341 e. The molecule has 0 bridgehead atoms. The highest BCUT2D eigenvalue weighted by atomic mass is 32.1. The van der Waals surface area contributed by atoms with E-state index in [1.54, 1.807) is 13.8 Å². The maximum Gasteiger partial charge on any atom is 0.341 e. The van der Waals surface area contributed by atoms with Crippen LogP contribution in [0.15, 0.2) is 0 Å². The lowest BCUT2D eigenvalue weighted by molar-refractivity contribution is -0.154.